The molecule has 0 aromatic carbocycles. The second-order valence-electron chi connectivity index (χ2n) is 3.37. The highest BCUT2D eigenvalue weighted by Gasteiger charge is 2.32. The van der Waals surface area contributed by atoms with E-state index in [-0.39, 0.29) is 0 Å². The Balaban J connectivity index is 4.08. The monoisotopic (exact) mass is 192 g/mol. The maximum absolute atomic E-state index is 10.4. The number of hydrogen-bond donors (Lipinski definition) is 2. The molecule has 4 heteroatoms. The summed E-state index contributed by atoms with van der Waals surface area (Å²) < 4.78 is 0. The molecule has 0 bridgehead atoms. The van der Waals surface area contributed by atoms with E-state index >= 15 is 0 Å². The fraction of sp³-hybridized carbons (Fsp3) is 0.875. The van der Waals surface area contributed by atoms with Crippen LogP contribution in [0.3, 0.4) is 0 Å². The largest absolute Gasteiger partial charge is 0.479 e. The first-order chi connectivity index (χ1) is 5.41. The summed E-state index contributed by atoms with van der Waals surface area (Å²) in [6.07, 6.45) is -1.27. The number of carbonyl (C=O) groups is 1. The Labute approximate surface area is 77.2 Å². The highest BCUT2D eigenvalue weighted by atomic mass is 32.2. The SMILES string of the molecule is CCSCC(C)(C)C(O)C(=O)O. The van der Waals surface area contributed by atoms with Crippen LogP contribution in [0.1, 0.15) is 20.8 Å². The van der Waals surface area contributed by atoms with Gasteiger partial charge in [0.15, 0.2) is 6.10 Å². The average Bonchev–Trinajstić information content (AvgIpc) is 1.99. The van der Waals surface area contributed by atoms with Crippen LogP contribution in [0.2, 0.25) is 0 Å². The highest BCUT2D eigenvalue weighted by Crippen LogP contribution is 2.25. The molecule has 0 saturated heterocycles. The number of aliphatic hydroxyl groups excluding tert-OH is 1. The van der Waals surface area contributed by atoms with Gasteiger partial charge in [-0.1, -0.05) is 20.8 Å². The van der Waals surface area contributed by atoms with Gasteiger partial charge < -0.3 is 10.2 Å². The second-order valence-corrected chi connectivity index (χ2v) is 4.64. The van der Waals surface area contributed by atoms with E-state index < -0.39 is 17.5 Å². The van der Waals surface area contributed by atoms with E-state index in [2.05, 4.69) is 0 Å². The summed E-state index contributed by atoms with van der Waals surface area (Å²) in [7, 11) is 0. The van der Waals surface area contributed by atoms with Crippen molar-refractivity contribution in [2.24, 2.45) is 5.41 Å². The first-order valence-corrected chi connectivity index (χ1v) is 5.06. The smallest absolute Gasteiger partial charge is 0.333 e. The molecule has 0 fully saturated rings. The van der Waals surface area contributed by atoms with Crippen LogP contribution in [0.5, 0.6) is 0 Å². The Hall–Kier alpha value is -0.220. The van der Waals surface area contributed by atoms with Crippen LogP contribution in [0.25, 0.3) is 0 Å². The molecule has 0 heterocycles. The van der Waals surface area contributed by atoms with E-state index in [0.717, 1.165) is 5.75 Å². The van der Waals surface area contributed by atoms with Gasteiger partial charge in [-0.2, -0.15) is 11.8 Å². The van der Waals surface area contributed by atoms with Gasteiger partial charge in [-0.3, -0.25) is 0 Å². The van der Waals surface area contributed by atoms with E-state index in [1.165, 1.54) is 0 Å². The summed E-state index contributed by atoms with van der Waals surface area (Å²) >= 11 is 1.64. The lowest BCUT2D eigenvalue weighted by Gasteiger charge is -2.26. The van der Waals surface area contributed by atoms with Crippen LogP contribution in [-0.2, 0) is 4.79 Å². The Morgan fingerprint density at radius 2 is 2.08 bits per heavy atom. The van der Waals surface area contributed by atoms with Crippen molar-refractivity contribution in [2.75, 3.05) is 11.5 Å². The molecule has 0 aliphatic heterocycles. The maximum Gasteiger partial charge on any atom is 0.333 e. The molecule has 0 rings (SSSR count). The summed E-state index contributed by atoms with van der Waals surface area (Å²) in [4.78, 5) is 10.4. The molecule has 0 radical (unpaired) electrons. The summed E-state index contributed by atoms with van der Waals surface area (Å²) in [5, 5.41) is 17.8. The number of rotatable bonds is 5. The molecule has 12 heavy (non-hydrogen) atoms. The lowest BCUT2D eigenvalue weighted by molar-refractivity contribution is -0.152. The molecule has 0 saturated carbocycles. The van der Waals surface area contributed by atoms with Crippen molar-refractivity contribution in [1.29, 1.82) is 0 Å². The van der Waals surface area contributed by atoms with Gasteiger partial charge in [0.1, 0.15) is 0 Å². The topological polar surface area (TPSA) is 57.5 Å². The summed E-state index contributed by atoms with van der Waals surface area (Å²) in [5.74, 6) is 0.462. The first-order valence-electron chi connectivity index (χ1n) is 3.90. The number of thioether (sulfide) groups is 1. The van der Waals surface area contributed by atoms with Crippen molar-refractivity contribution in [3.05, 3.63) is 0 Å². The van der Waals surface area contributed by atoms with Crippen molar-refractivity contribution in [3.63, 3.8) is 0 Å². The highest BCUT2D eigenvalue weighted by molar-refractivity contribution is 7.99. The minimum atomic E-state index is -1.27. The van der Waals surface area contributed by atoms with Gasteiger partial charge in [0.25, 0.3) is 0 Å². The van der Waals surface area contributed by atoms with Crippen LogP contribution in [-0.4, -0.2) is 33.8 Å². The number of carboxylic acid groups (broad SMARTS) is 1. The zero-order valence-corrected chi connectivity index (χ0v) is 8.52. The Kier molecular flexibility index (Phi) is 4.63. The zero-order chi connectivity index (χ0) is 9.78. The fourth-order valence-electron chi connectivity index (χ4n) is 0.778. The van der Waals surface area contributed by atoms with Gasteiger partial charge in [0.05, 0.1) is 0 Å². The second kappa shape index (κ2) is 4.72. The van der Waals surface area contributed by atoms with E-state index in [1.807, 2.05) is 6.92 Å². The third kappa shape index (κ3) is 3.45. The minimum absolute atomic E-state index is 0.549. The molecule has 1 atom stereocenters. The van der Waals surface area contributed by atoms with E-state index in [1.54, 1.807) is 25.6 Å². The molecular formula is C8H16O3S. The Morgan fingerprint density at radius 1 is 1.58 bits per heavy atom. The predicted octanol–water partition coefficient (Wildman–Crippen LogP) is 1.21. The predicted molar refractivity (Wildman–Crippen MR) is 50.4 cm³/mol. The van der Waals surface area contributed by atoms with Gasteiger partial charge in [-0.05, 0) is 5.75 Å². The van der Waals surface area contributed by atoms with Gasteiger partial charge in [-0.25, -0.2) is 4.79 Å². The lowest BCUT2D eigenvalue weighted by Crippen LogP contribution is -2.38. The Bertz CT molecular complexity index is 156. The van der Waals surface area contributed by atoms with E-state index in [4.69, 9.17) is 5.11 Å². The van der Waals surface area contributed by atoms with Crippen molar-refractivity contribution >= 4 is 17.7 Å². The molecule has 0 aromatic heterocycles. The van der Waals surface area contributed by atoms with Crippen molar-refractivity contribution in [1.82, 2.24) is 0 Å². The van der Waals surface area contributed by atoms with Crippen LogP contribution >= 0.6 is 11.8 Å². The fourth-order valence-corrected chi connectivity index (χ4v) is 1.67. The number of aliphatic hydroxyl groups is 1. The average molecular weight is 192 g/mol. The molecule has 0 aromatic rings. The Morgan fingerprint density at radius 3 is 2.42 bits per heavy atom. The lowest BCUT2D eigenvalue weighted by atomic mass is 9.89. The van der Waals surface area contributed by atoms with E-state index in [0.29, 0.717) is 5.75 Å². The standard InChI is InChI=1S/C8H16O3S/c1-4-12-5-8(2,3)6(9)7(10)11/h6,9H,4-5H2,1-3H3,(H,10,11). The molecule has 3 nitrogen and oxygen atoms in total. The molecule has 1 unspecified atom stereocenters. The van der Waals surface area contributed by atoms with E-state index in [9.17, 15) is 9.90 Å². The van der Waals surface area contributed by atoms with Crippen LogP contribution in [0.4, 0.5) is 0 Å². The minimum Gasteiger partial charge on any atom is -0.479 e. The van der Waals surface area contributed by atoms with Crippen LogP contribution < -0.4 is 0 Å². The maximum atomic E-state index is 10.4. The summed E-state index contributed by atoms with van der Waals surface area (Å²) in [6, 6.07) is 0. The van der Waals surface area contributed by atoms with Crippen molar-refractivity contribution in [2.45, 2.75) is 26.9 Å². The third-order valence-corrected chi connectivity index (χ3v) is 3.01. The van der Waals surface area contributed by atoms with Gasteiger partial charge >= 0.3 is 5.97 Å². The van der Waals surface area contributed by atoms with Gasteiger partial charge in [0.2, 0.25) is 0 Å². The first kappa shape index (κ1) is 11.8. The third-order valence-electron chi connectivity index (χ3n) is 1.65. The molecule has 0 spiro atoms. The van der Waals surface area contributed by atoms with Gasteiger partial charge in [0, 0.05) is 11.2 Å². The summed E-state index contributed by atoms with van der Waals surface area (Å²) in [6.45, 7) is 5.52. The molecule has 0 aliphatic rings. The van der Waals surface area contributed by atoms with Gasteiger partial charge in [-0.15, -0.1) is 0 Å². The molecule has 2 N–H and O–H groups in total. The van der Waals surface area contributed by atoms with Crippen LogP contribution in [0.15, 0.2) is 0 Å². The molecular weight excluding hydrogens is 176 g/mol. The van der Waals surface area contributed by atoms with Crippen molar-refractivity contribution < 1.29 is 15.0 Å². The number of carboxylic acids is 1. The zero-order valence-electron chi connectivity index (χ0n) is 7.70. The quantitative estimate of drug-likeness (QED) is 0.687. The molecule has 72 valence electrons. The van der Waals surface area contributed by atoms with Crippen LogP contribution in [0, 0.1) is 5.41 Å². The number of hydrogen-bond acceptors (Lipinski definition) is 3. The normalized spacial score (nSPS) is 14.3. The van der Waals surface area contributed by atoms with Crippen molar-refractivity contribution in [3.8, 4) is 0 Å². The number of aliphatic carboxylic acids is 1. The molecule has 0 aliphatic carbocycles. The summed E-state index contributed by atoms with van der Waals surface area (Å²) in [5.41, 5.74) is -0.549. The molecule has 0 amide bonds.